The number of rotatable bonds is 0. The fourth-order valence-corrected chi connectivity index (χ4v) is 3.08. The number of hydrogen-bond donors (Lipinski definition) is 3. The van der Waals surface area contributed by atoms with E-state index in [4.69, 9.17) is 0 Å². The van der Waals surface area contributed by atoms with Crippen molar-refractivity contribution in [2.24, 2.45) is 0 Å². The molecule has 5 heterocycles. The minimum Gasteiger partial charge on any atom is -0.359 e. The van der Waals surface area contributed by atoms with Gasteiger partial charge in [-0.25, -0.2) is 0 Å². The molecule has 4 heteroatoms. The molecule has 110 valence electrons. The van der Waals surface area contributed by atoms with Gasteiger partial charge in [-0.15, -0.1) is 0 Å². The van der Waals surface area contributed by atoms with Gasteiger partial charge in [0, 0.05) is 45.4 Å². The van der Waals surface area contributed by atoms with Crippen LogP contribution in [-0.4, -0.2) is 19.9 Å². The maximum atomic E-state index is 4.55. The maximum Gasteiger partial charge on any atom is 0.0944 e. The highest BCUT2D eigenvalue weighted by atomic mass is 14.8. The predicted octanol–water partition coefficient (Wildman–Crippen LogP) is 4.75. The largest absolute Gasteiger partial charge is 0.359 e. The molecule has 3 aromatic rings. The quantitative estimate of drug-likeness (QED) is 0.379. The third-order valence-electron chi connectivity index (χ3n) is 4.14. The van der Waals surface area contributed by atoms with Crippen molar-refractivity contribution < 1.29 is 0 Å². The van der Waals surface area contributed by atoms with Gasteiger partial charge >= 0.3 is 0 Å². The number of hydrogen-bond acceptors (Lipinski definition) is 1. The van der Waals surface area contributed by atoms with Gasteiger partial charge in [0.2, 0.25) is 0 Å². The van der Waals surface area contributed by atoms with Crippen LogP contribution in [0.5, 0.6) is 0 Å². The summed E-state index contributed by atoms with van der Waals surface area (Å²) in [4.78, 5) is 14.7. The van der Waals surface area contributed by atoms with Crippen molar-refractivity contribution in [3.05, 3.63) is 67.0 Å². The lowest BCUT2D eigenvalue weighted by atomic mass is 10.2. The van der Waals surface area contributed by atoms with E-state index in [2.05, 4.69) is 68.5 Å². The van der Waals surface area contributed by atoms with Crippen molar-refractivity contribution in [2.75, 3.05) is 0 Å². The Hall–Kier alpha value is -3.27. The van der Waals surface area contributed by atoms with Crippen molar-refractivity contribution >= 4 is 33.0 Å². The van der Waals surface area contributed by atoms with Crippen LogP contribution in [0.25, 0.3) is 44.2 Å². The summed E-state index contributed by atoms with van der Waals surface area (Å²) in [6.07, 6.45) is 3.80. The SMILES string of the molecule is c1cc2cc3ccc(cc4ccc(cc5cc[nH]c5c-2n1)[nH]4)[nH]3. The van der Waals surface area contributed by atoms with Crippen LogP contribution in [0.4, 0.5) is 0 Å². The van der Waals surface area contributed by atoms with Crippen LogP contribution in [0.1, 0.15) is 0 Å². The van der Waals surface area contributed by atoms with Gasteiger partial charge in [-0.2, -0.15) is 0 Å². The fourth-order valence-electron chi connectivity index (χ4n) is 3.08. The highest BCUT2D eigenvalue weighted by Crippen LogP contribution is 2.26. The molecular formula is C19H14N4. The smallest absolute Gasteiger partial charge is 0.0944 e. The Labute approximate surface area is 131 Å². The highest BCUT2D eigenvalue weighted by Gasteiger charge is 2.06. The zero-order chi connectivity index (χ0) is 15.2. The number of fused-ring (bicyclic) bond motifs is 7. The molecule has 0 radical (unpaired) electrons. The van der Waals surface area contributed by atoms with Gasteiger partial charge in [0.15, 0.2) is 0 Å². The molecule has 3 N–H and O–H groups in total. The Bertz CT molecular complexity index is 1170. The lowest BCUT2D eigenvalue weighted by Crippen LogP contribution is -1.76. The molecule has 0 spiro atoms. The molecular weight excluding hydrogens is 284 g/mol. The molecule has 0 aliphatic carbocycles. The first-order chi connectivity index (χ1) is 11.3. The van der Waals surface area contributed by atoms with Crippen LogP contribution in [0.3, 0.4) is 0 Å². The van der Waals surface area contributed by atoms with Gasteiger partial charge in [0.05, 0.1) is 11.2 Å². The first-order valence-corrected chi connectivity index (χ1v) is 7.57. The van der Waals surface area contributed by atoms with E-state index in [1.54, 1.807) is 0 Å². The van der Waals surface area contributed by atoms with E-state index in [-0.39, 0.29) is 0 Å². The highest BCUT2D eigenvalue weighted by molar-refractivity contribution is 5.93. The molecule has 0 saturated carbocycles. The third-order valence-corrected chi connectivity index (χ3v) is 4.14. The molecule has 2 aliphatic rings. The average molecular weight is 298 g/mol. The number of nitrogens with one attached hydrogen (secondary N) is 3. The van der Waals surface area contributed by atoms with Crippen LogP contribution in [-0.2, 0) is 0 Å². The number of aromatic nitrogens is 4. The Morgan fingerprint density at radius 1 is 0.696 bits per heavy atom. The Balaban J connectivity index is 2.00. The number of aromatic amines is 3. The molecule has 23 heavy (non-hydrogen) atoms. The molecule has 0 aromatic carbocycles. The van der Waals surface area contributed by atoms with Gasteiger partial charge in [-0.3, -0.25) is 4.98 Å². The molecule has 0 atom stereocenters. The first kappa shape index (κ1) is 12.3. The summed E-state index contributed by atoms with van der Waals surface area (Å²) >= 11 is 0. The summed E-state index contributed by atoms with van der Waals surface area (Å²) in [6, 6.07) is 18.8. The first-order valence-electron chi connectivity index (χ1n) is 7.57. The summed E-state index contributed by atoms with van der Waals surface area (Å²) in [5, 5.41) is 1.12. The second-order valence-electron chi connectivity index (χ2n) is 5.73. The van der Waals surface area contributed by atoms with E-state index in [9.17, 15) is 0 Å². The molecule has 4 nitrogen and oxygen atoms in total. The summed E-state index contributed by atoms with van der Waals surface area (Å²) in [5.74, 6) is 0. The van der Waals surface area contributed by atoms with E-state index in [1.165, 1.54) is 0 Å². The molecule has 0 amide bonds. The maximum absolute atomic E-state index is 4.55. The zero-order valence-corrected chi connectivity index (χ0v) is 12.3. The van der Waals surface area contributed by atoms with Gasteiger partial charge < -0.3 is 15.0 Å². The van der Waals surface area contributed by atoms with Gasteiger partial charge in [0.1, 0.15) is 0 Å². The summed E-state index contributed by atoms with van der Waals surface area (Å²) in [5.41, 5.74) is 7.38. The second kappa shape index (κ2) is 4.61. The molecule has 0 unspecified atom stereocenters. The number of H-pyrrole nitrogens is 3. The summed E-state index contributed by atoms with van der Waals surface area (Å²) in [6.45, 7) is 0. The van der Waals surface area contributed by atoms with Crippen molar-refractivity contribution in [3.8, 4) is 11.3 Å². The Morgan fingerprint density at radius 2 is 1.39 bits per heavy atom. The van der Waals surface area contributed by atoms with Crippen LogP contribution in [0.2, 0.25) is 0 Å². The second-order valence-corrected chi connectivity index (χ2v) is 5.73. The summed E-state index contributed by atoms with van der Waals surface area (Å²) < 4.78 is 0. The van der Waals surface area contributed by atoms with E-state index in [0.717, 1.165) is 44.2 Å². The molecule has 2 aliphatic heterocycles. The van der Waals surface area contributed by atoms with Crippen LogP contribution < -0.4 is 0 Å². The molecule has 3 aromatic heterocycles. The van der Waals surface area contributed by atoms with Crippen molar-refractivity contribution in [1.29, 1.82) is 0 Å². The summed E-state index contributed by atoms with van der Waals surface area (Å²) in [7, 11) is 0. The van der Waals surface area contributed by atoms with Gasteiger partial charge in [-0.05, 0) is 54.6 Å². The minimum absolute atomic E-state index is 0.965. The van der Waals surface area contributed by atoms with E-state index >= 15 is 0 Å². The lowest BCUT2D eigenvalue weighted by molar-refractivity contribution is 1.39. The Morgan fingerprint density at radius 3 is 2.17 bits per heavy atom. The third kappa shape index (κ3) is 2.04. The van der Waals surface area contributed by atoms with E-state index < -0.39 is 0 Å². The monoisotopic (exact) mass is 298 g/mol. The normalized spacial score (nSPS) is 11.5. The fraction of sp³-hybridized carbons (Fsp3) is 0. The molecule has 4 bridgehead atoms. The van der Waals surface area contributed by atoms with E-state index in [1.807, 2.05) is 18.5 Å². The van der Waals surface area contributed by atoms with Crippen molar-refractivity contribution in [3.63, 3.8) is 0 Å². The molecule has 5 rings (SSSR count). The van der Waals surface area contributed by atoms with Crippen molar-refractivity contribution in [1.82, 2.24) is 19.9 Å². The molecule has 0 saturated heterocycles. The average Bonchev–Trinajstić information content (AvgIpc) is 3.28. The molecule has 0 fully saturated rings. The standard InChI is InChI=1S/C19H14N4/c1-3-16-11-17-4-2-15(23-17)10-13-6-8-21-19(13)18-12(5-7-20-18)9-14(1)22-16/h1-11,20,22-23H. The van der Waals surface area contributed by atoms with Crippen LogP contribution in [0, 0.1) is 0 Å². The van der Waals surface area contributed by atoms with Crippen LogP contribution >= 0.6 is 0 Å². The van der Waals surface area contributed by atoms with Gasteiger partial charge in [0.25, 0.3) is 0 Å². The minimum atomic E-state index is 0.965. The predicted molar refractivity (Wildman–Crippen MR) is 94.1 cm³/mol. The Kier molecular flexibility index (Phi) is 2.46. The van der Waals surface area contributed by atoms with Crippen molar-refractivity contribution in [2.45, 2.75) is 0 Å². The van der Waals surface area contributed by atoms with Crippen LogP contribution in [0.15, 0.2) is 67.0 Å². The van der Waals surface area contributed by atoms with Gasteiger partial charge in [-0.1, -0.05) is 0 Å². The lowest BCUT2D eigenvalue weighted by Gasteiger charge is -1.94. The van der Waals surface area contributed by atoms with E-state index in [0.29, 0.717) is 0 Å². The zero-order valence-electron chi connectivity index (χ0n) is 12.3. The topological polar surface area (TPSA) is 60.3 Å². The number of nitrogens with zero attached hydrogens (tertiary/aromatic N) is 1.